The van der Waals surface area contributed by atoms with Crippen molar-refractivity contribution in [2.45, 2.75) is 30.8 Å². The quantitative estimate of drug-likeness (QED) is 0.192. The average molecular weight is 655 g/mol. The summed E-state index contributed by atoms with van der Waals surface area (Å²) in [6.45, 7) is 1.54. The van der Waals surface area contributed by atoms with Crippen LogP contribution in [0.15, 0.2) is 108 Å². The molecule has 0 aliphatic heterocycles. The highest BCUT2D eigenvalue weighted by Gasteiger charge is 2.34. The number of methoxy groups -OCH3 is 1. The zero-order valence-corrected chi connectivity index (χ0v) is 26.6. The maximum Gasteiger partial charge on any atom is 0.264 e. The summed E-state index contributed by atoms with van der Waals surface area (Å²) in [6.07, 6.45) is 0.202. The van der Waals surface area contributed by atoms with Crippen LogP contribution in [0, 0.1) is 0 Å². The predicted octanol–water partition coefficient (Wildman–Crippen LogP) is 5.97. The second-order valence-corrected chi connectivity index (χ2v) is 12.6. The first-order chi connectivity index (χ1) is 21.1. The minimum atomic E-state index is -4.20. The van der Waals surface area contributed by atoms with Crippen LogP contribution in [0.1, 0.15) is 18.1 Å². The van der Waals surface area contributed by atoms with Crippen molar-refractivity contribution in [2.24, 2.45) is 0 Å². The standard InChI is InChI=1S/C33H33Cl2N3O5S/c1-3-36-33(40)31(21-24-10-6-4-7-11-24)37(22-25-14-19-29(34)30(35)20-25)32(39)23-38(26-15-17-27(43-2)18-16-26)44(41,42)28-12-8-5-9-13-28/h4-20,31H,3,21-23H2,1-2H3,(H,36,40)/t31-/m0/s1. The summed E-state index contributed by atoms with van der Waals surface area (Å²) in [7, 11) is -2.69. The highest BCUT2D eigenvalue weighted by atomic mass is 35.5. The monoisotopic (exact) mass is 653 g/mol. The number of rotatable bonds is 13. The van der Waals surface area contributed by atoms with Crippen molar-refractivity contribution in [3.8, 4) is 5.75 Å². The molecule has 1 atom stereocenters. The summed E-state index contributed by atoms with van der Waals surface area (Å²) in [4.78, 5) is 29.3. The van der Waals surface area contributed by atoms with Crippen molar-refractivity contribution in [1.82, 2.24) is 10.2 Å². The van der Waals surface area contributed by atoms with Crippen LogP contribution in [-0.2, 0) is 32.6 Å². The smallest absolute Gasteiger partial charge is 0.264 e. The number of hydrogen-bond donors (Lipinski definition) is 1. The molecule has 1 N–H and O–H groups in total. The first-order valence-corrected chi connectivity index (χ1v) is 16.1. The van der Waals surface area contributed by atoms with Crippen molar-refractivity contribution >= 4 is 50.7 Å². The average Bonchev–Trinajstić information content (AvgIpc) is 3.04. The molecule has 0 aliphatic carbocycles. The topological polar surface area (TPSA) is 96.0 Å². The van der Waals surface area contributed by atoms with Gasteiger partial charge in [-0.05, 0) is 66.6 Å². The van der Waals surface area contributed by atoms with Crippen molar-refractivity contribution in [3.63, 3.8) is 0 Å². The van der Waals surface area contributed by atoms with Crippen LogP contribution in [0.5, 0.6) is 5.75 Å². The molecule has 230 valence electrons. The Morgan fingerprint density at radius 1 is 0.841 bits per heavy atom. The maximum absolute atomic E-state index is 14.4. The van der Waals surface area contributed by atoms with Crippen molar-refractivity contribution in [3.05, 3.63) is 124 Å². The molecular weight excluding hydrogens is 621 g/mol. The van der Waals surface area contributed by atoms with Crippen LogP contribution in [-0.4, -0.2) is 51.4 Å². The molecule has 0 heterocycles. The van der Waals surface area contributed by atoms with Crippen LogP contribution in [0.4, 0.5) is 5.69 Å². The van der Waals surface area contributed by atoms with Gasteiger partial charge in [0.15, 0.2) is 0 Å². The summed E-state index contributed by atoms with van der Waals surface area (Å²) in [5, 5.41) is 3.47. The normalized spacial score (nSPS) is 11.8. The van der Waals surface area contributed by atoms with E-state index in [9.17, 15) is 18.0 Å². The molecule has 4 aromatic carbocycles. The van der Waals surface area contributed by atoms with Gasteiger partial charge in [-0.2, -0.15) is 0 Å². The molecule has 2 amide bonds. The molecule has 44 heavy (non-hydrogen) atoms. The summed E-state index contributed by atoms with van der Waals surface area (Å²) >= 11 is 12.5. The van der Waals surface area contributed by atoms with E-state index in [0.717, 1.165) is 9.87 Å². The van der Waals surface area contributed by atoms with Crippen LogP contribution in [0.3, 0.4) is 0 Å². The Labute approximate surface area is 268 Å². The number of nitrogens with zero attached hydrogens (tertiary/aromatic N) is 2. The second kappa shape index (κ2) is 15.1. The fourth-order valence-corrected chi connectivity index (χ4v) is 6.43. The Kier molecular flexibility index (Phi) is 11.3. The van der Waals surface area contributed by atoms with Crippen LogP contribution in [0.25, 0.3) is 0 Å². The lowest BCUT2D eigenvalue weighted by Crippen LogP contribution is -2.53. The van der Waals surface area contributed by atoms with Gasteiger partial charge in [0.1, 0.15) is 18.3 Å². The van der Waals surface area contributed by atoms with Crippen LogP contribution < -0.4 is 14.4 Å². The first-order valence-electron chi connectivity index (χ1n) is 13.9. The number of halogens is 2. The van der Waals surface area contributed by atoms with Crippen LogP contribution >= 0.6 is 23.2 Å². The molecule has 8 nitrogen and oxygen atoms in total. The van der Waals surface area contributed by atoms with Gasteiger partial charge in [0.2, 0.25) is 11.8 Å². The molecule has 0 aromatic heterocycles. The summed E-state index contributed by atoms with van der Waals surface area (Å²) in [6, 6.07) is 27.6. The molecule has 0 saturated heterocycles. The van der Waals surface area contributed by atoms with Crippen molar-refractivity contribution < 1.29 is 22.7 Å². The zero-order chi connectivity index (χ0) is 31.7. The van der Waals surface area contributed by atoms with E-state index < -0.39 is 28.5 Å². The summed E-state index contributed by atoms with van der Waals surface area (Å²) < 4.78 is 34.3. The van der Waals surface area contributed by atoms with Gasteiger partial charge in [0, 0.05) is 19.5 Å². The lowest BCUT2D eigenvalue weighted by Gasteiger charge is -2.34. The molecule has 0 fully saturated rings. The van der Waals surface area contributed by atoms with Gasteiger partial charge in [0.25, 0.3) is 10.0 Å². The molecule has 0 spiro atoms. The third-order valence-electron chi connectivity index (χ3n) is 6.93. The molecule has 0 unspecified atom stereocenters. The molecule has 0 saturated carbocycles. The number of nitrogens with one attached hydrogen (secondary N) is 1. The van der Waals surface area contributed by atoms with E-state index in [4.69, 9.17) is 27.9 Å². The maximum atomic E-state index is 14.4. The van der Waals surface area contributed by atoms with Gasteiger partial charge in [-0.25, -0.2) is 8.42 Å². The Morgan fingerprint density at radius 3 is 2.07 bits per heavy atom. The number of anilines is 1. The molecule has 11 heteroatoms. The Balaban J connectivity index is 1.80. The Morgan fingerprint density at radius 2 is 1.48 bits per heavy atom. The number of likely N-dealkylation sites (N-methyl/N-ethyl adjacent to an activating group) is 1. The largest absolute Gasteiger partial charge is 0.497 e. The number of amides is 2. The van der Waals surface area contributed by atoms with E-state index in [1.165, 1.54) is 24.1 Å². The molecular formula is C33H33Cl2N3O5S. The number of hydrogen-bond acceptors (Lipinski definition) is 5. The van der Waals surface area contributed by atoms with Gasteiger partial charge in [-0.3, -0.25) is 13.9 Å². The zero-order valence-electron chi connectivity index (χ0n) is 24.3. The van der Waals surface area contributed by atoms with E-state index in [2.05, 4.69) is 5.32 Å². The first kappa shape index (κ1) is 32.9. The lowest BCUT2D eigenvalue weighted by atomic mass is 10.0. The SMILES string of the molecule is CCNC(=O)[C@H](Cc1ccccc1)N(Cc1ccc(Cl)c(Cl)c1)C(=O)CN(c1ccc(OC)cc1)S(=O)(=O)c1ccccc1. The number of carbonyl (C=O) groups excluding carboxylic acids is 2. The number of ether oxygens (including phenoxy) is 1. The van der Waals surface area contributed by atoms with Gasteiger partial charge in [-0.15, -0.1) is 0 Å². The minimum absolute atomic E-state index is 0.0178. The highest BCUT2D eigenvalue weighted by Crippen LogP contribution is 2.28. The fourth-order valence-electron chi connectivity index (χ4n) is 4.68. The molecule has 0 aliphatic rings. The molecule has 4 aromatic rings. The number of carbonyl (C=O) groups is 2. The second-order valence-electron chi connectivity index (χ2n) is 9.89. The predicted molar refractivity (Wildman–Crippen MR) is 174 cm³/mol. The van der Waals surface area contributed by atoms with Gasteiger partial charge in [0.05, 0.1) is 27.7 Å². The minimum Gasteiger partial charge on any atom is -0.497 e. The van der Waals surface area contributed by atoms with Gasteiger partial charge >= 0.3 is 0 Å². The van der Waals surface area contributed by atoms with Crippen molar-refractivity contribution in [1.29, 1.82) is 0 Å². The Bertz CT molecular complexity index is 1670. The van der Waals surface area contributed by atoms with Crippen LogP contribution in [0.2, 0.25) is 10.0 Å². The lowest BCUT2D eigenvalue weighted by molar-refractivity contribution is -0.140. The number of benzene rings is 4. The van der Waals surface area contributed by atoms with E-state index in [1.807, 2.05) is 30.3 Å². The highest BCUT2D eigenvalue weighted by molar-refractivity contribution is 7.92. The van der Waals surface area contributed by atoms with Gasteiger partial charge in [-0.1, -0.05) is 77.8 Å². The third kappa shape index (κ3) is 8.11. The third-order valence-corrected chi connectivity index (χ3v) is 9.46. The van der Waals surface area contributed by atoms with Gasteiger partial charge < -0.3 is 15.0 Å². The Hall–Kier alpha value is -4.05. The van der Waals surface area contributed by atoms with E-state index in [0.29, 0.717) is 27.9 Å². The number of sulfonamides is 1. The molecule has 4 rings (SSSR count). The molecule has 0 radical (unpaired) electrons. The van der Waals surface area contributed by atoms with E-state index >= 15 is 0 Å². The summed E-state index contributed by atoms with van der Waals surface area (Å²) in [5.74, 6) is -0.428. The molecule has 0 bridgehead atoms. The summed E-state index contributed by atoms with van der Waals surface area (Å²) in [5.41, 5.74) is 1.71. The fraction of sp³-hybridized carbons (Fsp3) is 0.212. The van der Waals surface area contributed by atoms with Crippen molar-refractivity contribution in [2.75, 3.05) is 24.5 Å². The van der Waals surface area contributed by atoms with E-state index in [-0.39, 0.29) is 29.5 Å². The van der Waals surface area contributed by atoms with E-state index in [1.54, 1.807) is 67.6 Å².